The maximum absolute atomic E-state index is 11.3. The van der Waals surface area contributed by atoms with E-state index < -0.39 is 0 Å². The molecule has 2 atom stereocenters. The van der Waals surface area contributed by atoms with Crippen molar-refractivity contribution in [1.82, 2.24) is 4.98 Å². The quantitative estimate of drug-likeness (QED) is 0.591. The van der Waals surface area contributed by atoms with E-state index in [0.29, 0.717) is 13.0 Å². The second-order valence-corrected chi connectivity index (χ2v) is 8.12. The SMILES string of the molecule is COCCN(C)c1cccc(N2CC[C@@H](Oc3ccc([C@H](C)CC(C)=O)cc3)C2)n1. The molecule has 2 heterocycles. The van der Waals surface area contributed by atoms with Crippen molar-refractivity contribution in [2.75, 3.05) is 50.2 Å². The van der Waals surface area contributed by atoms with Gasteiger partial charge in [0, 0.05) is 40.1 Å². The molecule has 0 amide bonds. The maximum atomic E-state index is 11.3. The highest BCUT2D eigenvalue weighted by Gasteiger charge is 2.25. The van der Waals surface area contributed by atoms with E-state index in [2.05, 4.69) is 41.0 Å². The van der Waals surface area contributed by atoms with Gasteiger partial charge in [0.15, 0.2) is 0 Å². The van der Waals surface area contributed by atoms with E-state index in [9.17, 15) is 4.79 Å². The Bertz CT molecular complexity index is 825. The van der Waals surface area contributed by atoms with Crippen molar-refractivity contribution in [3.05, 3.63) is 48.0 Å². The van der Waals surface area contributed by atoms with Gasteiger partial charge in [0.05, 0.1) is 13.2 Å². The summed E-state index contributed by atoms with van der Waals surface area (Å²) in [6, 6.07) is 14.3. The molecule has 0 N–H and O–H groups in total. The van der Waals surface area contributed by atoms with Crippen LogP contribution in [0.25, 0.3) is 0 Å². The van der Waals surface area contributed by atoms with Crippen molar-refractivity contribution < 1.29 is 14.3 Å². The second-order valence-electron chi connectivity index (χ2n) is 8.12. The summed E-state index contributed by atoms with van der Waals surface area (Å²) in [5.74, 6) is 3.26. The van der Waals surface area contributed by atoms with Gasteiger partial charge in [-0.25, -0.2) is 4.98 Å². The molecule has 3 rings (SSSR count). The van der Waals surface area contributed by atoms with Crippen molar-refractivity contribution in [3.63, 3.8) is 0 Å². The summed E-state index contributed by atoms with van der Waals surface area (Å²) in [6.07, 6.45) is 1.68. The Morgan fingerprint density at radius 3 is 2.73 bits per heavy atom. The van der Waals surface area contributed by atoms with Crippen LogP contribution in [-0.2, 0) is 9.53 Å². The van der Waals surface area contributed by atoms with E-state index >= 15 is 0 Å². The van der Waals surface area contributed by atoms with Crippen molar-refractivity contribution >= 4 is 17.4 Å². The highest BCUT2D eigenvalue weighted by atomic mass is 16.5. The van der Waals surface area contributed by atoms with Crippen LogP contribution in [0.1, 0.15) is 38.2 Å². The number of ketones is 1. The number of aromatic nitrogens is 1. The van der Waals surface area contributed by atoms with Gasteiger partial charge >= 0.3 is 0 Å². The molecule has 1 aliphatic heterocycles. The fraction of sp³-hybridized carbons (Fsp3) is 0.500. The topological polar surface area (TPSA) is 54.9 Å². The Kier molecular flexibility index (Phi) is 7.69. The highest BCUT2D eigenvalue weighted by Crippen LogP contribution is 2.26. The molecule has 0 radical (unpaired) electrons. The lowest BCUT2D eigenvalue weighted by Crippen LogP contribution is -2.27. The summed E-state index contributed by atoms with van der Waals surface area (Å²) in [6.45, 7) is 6.95. The number of hydrogen-bond donors (Lipinski definition) is 0. The first kappa shape index (κ1) is 22.1. The molecule has 0 bridgehead atoms. The van der Waals surface area contributed by atoms with Gasteiger partial charge in [0.2, 0.25) is 0 Å². The van der Waals surface area contributed by atoms with E-state index in [1.807, 2.05) is 25.2 Å². The Hall–Kier alpha value is -2.60. The zero-order valence-electron chi connectivity index (χ0n) is 18.5. The standard InChI is InChI=1S/C24H33N3O3/c1-18(16-19(2)28)20-8-10-21(11-9-20)30-22-12-13-27(17-22)24-7-5-6-23(25-24)26(3)14-15-29-4/h5-11,18,22H,12-17H2,1-4H3/t18-,22-/m1/s1. The molecule has 6 heteroatoms. The summed E-state index contributed by atoms with van der Waals surface area (Å²) >= 11 is 0. The summed E-state index contributed by atoms with van der Waals surface area (Å²) < 4.78 is 11.4. The van der Waals surface area contributed by atoms with Crippen LogP contribution < -0.4 is 14.5 Å². The minimum absolute atomic E-state index is 0.141. The zero-order chi connectivity index (χ0) is 21.5. The molecule has 6 nitrogen and oxygen atoms in total. The lowest BCUT2D eigenvalue weighted by atomic mass is 9.96. The predicted octanol–water partition coefficient (Wildman–Crippen LogP) is 3.90. The van der Waals surface area contributed by atoms with Crippen molar-refractivity contribution in [1.29, 1.82) is 0 Å². The van der Waals surface area contributed by atoms with E-state index in [1.165, 1.54) is 5.56 Å². The van der Waals surface area contributed by atoms with Gasteiger partial charge in [-0.3, -0.25) is 0 Å². The minimum atomic E-state index is 0.141. The monoisotopic (exact) mass is 411 g/mol. The van der Waals surface area contributed by atoms with Crippen LogP contribution in [0.15, 0.2) is 42.5 Å². The molecule has 1 saturated heterocycles. The van der Waals surface area contributed by atoms with Gasteiger partial charge in [-0.05, 0) is 42.7 Å². The Balaban J connectivity index is 1.56. The fourth-order valence-electron chi connectivity index (χ4n) is 3.79. The Morgan fingerprint density at radius 1 is 1.27 bits per heavy atom. The normalized spacial score (nSPS) is 17.1. The van der Waals surface area contributed by atoms with Crippen LogP contribution in [0.2, 0.25) is 0 Å². The average molecular weight is 412 g/mol. The van der Waals surface area contributed by atoms with Crippen LogP contribution >= 0.6 is 0 Å². The molecule has 162 valence electrons. The number of carbonyl (C=O) groups is 1. The molecule has 0 spiro atoms. The number of benzene rings is 1. The molecular formula is C24H33N3O3. The number of anilines is 2. The summed E-state index contributed by atoms with van der Waals surface area (Å²) in [5.41, 5.74) is 1.17. The van der Waals surface area contributed by atoms with Crippen LogP contribution in [0.4, 0.5) is 11.6 Å². The van der Waals surface area contributed by atoms with Crippen molar-refractivity contribution in [2.24, 2.45) is 0 Å². The smallest absolute Gasteiger partial charge is 0.131 e. The zero-order valence-corrected chi connectivity index (χ0v) is 18.5. The number of likely N-dealkylation sites (N-methyl/N-ethyl adjacent to an activating group) is 1. The minimum Gasteiger partial charge on any atom is -0.489 e. The molecular weight excluding hydrogens is 378 g/mol. The lowest BCUT2D eigenvalue weighted by Gasteiger charge is -2.22. The summed E-state index contributed by atoms with van der Waals surface area (Å²) in [7, 11) is 3.74. The molecule has 1 fully saturated rings. The summed E-state index contributed by atoms with van der Waals surface area (Å²) in [4.78, 5) is 20.5. The summed E-state index contributed by atoms with van der Waals surface area (Å²) in [5, 5.41) is 0. The number of rotatable bonds is 10. The van der Waals surface area contributed by atoms with Gasteiger partial charge in [-0.2, -0.15) is 0 Å². The molecule has 30 heavy (non-hydrogen) atoms. The lowest BCUT2D eigenvalue weighted by molar-refractivity contribution is -0.117. The number of pyridine rings is 1. The number of Topliss-reactive ketones (excluding diaryl/α,β-unsaturated/α-hetero) is 1. The molecule has 2 aromatic rings. The number of nitrogens with zero attached hydrogens (tertiary/aromatic N) is 3. The molecule has 0 aliphatic carbocycles. The highest BCUT2D eigenvalue weighted by molar-refractivity contribution is 5.76. The maximum Gasteiger partial charge on any atom is 0.131 e. The van der Waals surface area contributed by atoms with E-state index in [-0.39, 0.29) is 17.8 Å². The van der Waals surface area contributed by atoms with Gasteiger partial charge in [0.25, 0.3) is 0 Å². The average Bonchev–Trinajstić information content (AvgIpc) is 3.20. The van der Waals surface area contributed by atoms with Crippen LogP contribution in [0.3, 0.4) is 0 Å². The van der Waals surface area contributed by atoms with Crippen molar-refractivity contribution in [2.45, 2.75) is 38.7 Å². The van der Waals surface area contributed by atoms with E-state index in [4.69, 9.17) is 14.5 Å². The second kappa shape index (κ2) is 10.4. The van der Waals surface area contributed by atoms with E-state index in [0.717, 1.165) is 43.4 Å². The molecule has 1 aromatic heterocycles. The third-order valence-electron chi connectivity index (χ3n) is 5.56. The predicted molar refractivity (Wildman–Crippen MR) is 121 cm³/mol. The van der Waals surface area contributed by atoms with Gasteiger partial charge < -0.3 is 24.1 Å². The van der Waals surface area contributed by atoms with Gasteiger partial charge in [0.1, 0.15) is 29.3 Å². The first-order valence-corrected chi connectivity index (χ1v) is 10.6. The van der Waals surface area contributed by atoms with Gasteiger partial charge in [-0.1, -0.05) is 25.1 Å². The third-order valence-corrected chi connectivity index (χ3v) is 5.56. The van der Waals surface area contributed by atoms with Crippen LogP contribution in [0, 0.1) is 0 Å². The Labute approximate surface area is 179 Å². The Morgan fingerprint density at radius 2 is 2.03 bits per heavy atom. The van der Waals surface area contributed by atoms with Crippen molar-refractivity contribution in [3.8, 4) is 5.75 Å². The largest absolute Gasteiger partial charge is 0.489 e. The first-order valence-electron chi connectivity index (χ1n) is 10.6. The van der Waals surface area contributed by atoms with Gasteiger partial charge in [-0.15, -0.1) is 0 Å². The number of hydrogen-bond acceptors (Lipinski definition) is 6. The number of carbonyl (C=O) groups excluding carboxylic acids is 1. The molecule has 0 saturated carbocycles. The van der Waals surface area contributed by atoms with Crippen LogP contribution in [-0.4, -0.2) is 57.3 Å². The molecule has 1 aromatic carbocycles. The third kappa shape index (κ3) is 5.95. The van der Waals surface area contributed by atoms with E-state index in [1.54, 1.807) is 14.0 Å². The molecule has 1 aliphatic rings. The first-order chi connectivity index (χ1) is 14.5. The molecule has 0 unspecified atom stereocenters. The fourth-order valence-corrected chi connectivity index (χ4v) is 3.79. The number of methoxy groups -OCH3 is 1. The number of ether oxygens (including phenoxy) is 2. The van der Waals surface area contributed by atoms with Crippen LogP contribution in [0.5, 0.6) is 5.75 Å².